The third-order valence-electron chi connectivity index (χ3n) is 2.34. The summed E-state index contributed by atoms with van der Waals surface area (Å²) in [4.78, 5) is 23.8. The quantitative estimate of drug-likeness (QED) is 0.668. The molecule has 0 fully saturated rings. The molecule has 0 aliphatic rings. The third kappa shape index (κ3) is 4.29. The molecule has 0 aromatic heterocycles. The van der Waals surface area contributed by atoms with Crippen molar-refractivity contribution in [2.24, 2.45) is 11.7 Å². The minimum absolute atomic E-state index is 0.116. The molecule has 5 nitrogen and oxygen atoms in total. The largest absolute Gasteiger partial charge is 0.480 e. The monoisotopic (exact) mass is 216 g/mol. The predicted octanol–water partition coefficient (Wildman–Crippen LogP) is 0.293. The zero-order valence-corrected chi connectivity index (χ0v) is 9.56. The van der Waals surface area contributed by atoms with Gasteiger partial charge in [-0.2, -0.15) is 0 Å². The van der Waals surface area contributed by atoms with E-state index in [2.05, 4.69) is 0 Å². The number of nitrogens with two attached hydrogens (primary N) is 1. The molecule has 88 valence electrons. The van der Waals surface area contributed by atoms with Crippen LogP contribution in [-0.4, -0.2) is 41.0 Å². The van der Waals surface area contributed by atoms with Crippen molar-refractivity contribution in [1.82, 2.24) is 4.90 Å². The summed E-state index contributed by atoms with van der Waals surface area (Å²) in [6.45, 7) is 5.47. The fourth-order valence-electron chi connectivity index (χ4n) is 1.34. The van der Waals surface area contributed by atoms with E-state index < -0.39 is 5.97 Å². The van der Waals surface area contributed by atoms with Gasteiger partial charge in [0.15, 0.2) is 0 Å². The highest BCUT2D eigenvalue weighted by Gasteiger charge is 2.25. The summed E-state index contributed by atoms with van der Waals surface area (Å²) >= 11 is 0. The van der Waals surface area contributed by atoms with Crippen molar-refractivity contribution in [2.45, 2.75) is 33.2 Å². The van der Waals surface area contributed by atoms with Gasteiger partial charge in [-0.1, -0.05) is 6.92 Å². The molecule has 0 saturated heterocycles. The molecule has 0 heterocycles. The fourth-order valence-corrected chi connectivity index (χ4v) is 1.34. The van der Waals surface area contributed by atoms with Gasteiger partial charge in [0.05, 0.1) is 5.92 Å². The Morgan fingerprint density at radius 1 is 1.40 bits per heavy atom. The van der Waals surface area contributed by atoms with Crippen molar-refractivity contribution in [3.63, 3.8) is 0 Å². The molecule has 1 atom stereocenters. The molecule has 3 N–H and O–H groups in total. The number of nitrogens with zero attached hydrogens (tertiary/aromatic N) is 1. The summed E-state index contributed by atoms with van der Waals surface area (Å²) in [6.07, 6.45) is 0.637. The van der Waals surface area contributed by atoms with Crippen molar-refractivity contribution >= 4 is 11.9 Å². The average Bonchev–Trinajstić information content (AvgIpc) is 2.15. The van der Waals surface area contributed by atoms with E-state index >= 15 is 0 Å². The lowest BCUT2D eigenvalue weighted by Gasteiger charge is -2.28. The average molecular weight is 216 g/mol. The first kappa shape index (κ1) is 13.9. The van der Waals surface area contributed by atoms with Crippen molar-refractivity contribution in [3.8, 4) is 0 Å². The van der Waals surface area contributed by atoms with Crippen LogP contribution in [0.5, 0.6) is 0 Å². The second-order valence-corrected chi connectivity index (χ2v) is 3.79. The number of aliphatic carboxylic acids is 1. The Morgan fingerprint density at radius 3 is 2.20 bits per heavy atom. The van der Waals surface area contributed by atoms with Crippen LogP contribution in [0.2, 0.25) is 0 Å². The minimum Gasteiger partial charge on any atom is -0.480 e. The zero-order chi connectivity index (χ0) is 12.0. The van der Waals surface area contributed by atoms with Gasteiger partial charge in [0.2, 0.25) is 5.91 Å². The number of carboxylic acids is 1. The molecule has 0 rings (SSSR count). The Kier molecular flexibility index (Phi) is 5.93. The number of rotatable bonds is 6. The van der Waals surface area contributed by atoms with E-state index in [1.807, 2.05) is 6.92 Å². The predicted molar refractivity (Wildman–Crippen MR) is 57.3 cm³/mol. The molecule has 1 unspecified atom stereocenters. The molecular weight excluding hydrogens is 196 g/mol. The van der Waals surface area contributed by atoms with Gasteiger partial charge >= 0.3 is 5.97 Å². The Labute approximate surface area is 90.2 Å². The van der Waals surface area contributed by atoms with Crippen molar-refractivity contribution in [1.29, 1.82) is 0 Å². The number of carbonyl (C=O) groups excluding carboxylic acids is 1. The highest BCUT2D eigenvalue weighted by Crippen LogP contribution is 2.09. The lowest BCUT2D eigenvalue weighted by atomic mass is 10.0. The Morgan fingerprint density at radius 2 is 1.93 bits per heavy atom. The SMILES string of the molecule is CCC(CN)C(=O)N(CC(=O)O)C(C)C. The highest BCUT2D eigenvalue weighted by atomic mass is 16.4. The first-order chi connectivity index (χ1) is 6.93. The van der Waals surface area contributed by atoms with E-state index in [1.165, 1.54) is 4.90 Å². The molecule has 0 saturated carbocycles. The molecule has 5 heteroatoms. The van der Waals surface area contributed by atoms with Crippen molar-refractivity contribution < 1.29 is 14.7 Å². The highest BCUT2D eigenvalue weighted by molar-refractivity contribution is 5.83. The molecule has 0 bridgehead atoms. The van der Waals surface area contributed by atoms with Gasteiger partial charge in [-0.15, -0.1) is 0 Å². The van der Waals surface area contributed by atoms with Crippen molar-refractivity contribution in [3.05, 3.63) is 0 Å². The minimum atomic E-state index is -0.996. The Balaban J connectivity index is 4.60. The lowest BCUT2D eigenvalue weighted by Crippen LogP contribution is -2.45. The lowest BCUT2D eigenvalue weighted by molar-refractivity contribution is -0.147. The number of hydrogen-bond acceptors (Lipinski definition) is 3. The summed E-state index contributed by atoms with van der Waals surface area (Å²) in [5, 5.41) is 8.68. The molecule has 15 heavy (non-hydrogen) atoms. The summed E-state index contributed by atoms with van der Waals surface area (Å²) in [5.41, 5.74) is 5.46. The Hall–Kier alpha value is -1.10. The number of hydrogen-bond donors (Lipinski definition) is 2. The van der Waals surface area contributed by atoms with Crippen LogP contribution in [0.15, 0.2) is 0 Å². The standard InChI is InChI=1S/C10H20N2O3/c1-4-8(5-11)10(15)12(7(2)3)6-9(13)14/h7-8H,4-6,11H2,1-3H3,(H,13,14). The molecule has 0 aromatic rings. The van der Waals surface area contributed by atoms with Crippen LogP contribution in [0.1, 0.15) is 27.2 Å². The van der Waals surface area contributed by atoms with Gasteiger partial charge < -0.3 is 15.7 Å². The van der Waals surface area contributed by atoms with Gasteiger partial charge in [-0.3, -0.25) is 9.59 Å². The number of carboxylic acid groups (broad SMARTS) is 1. The second kappa shape index (κ2) is 6.40. The summed E-state index contributed by atoms with van der Waals surface area (Å²) < 4.78 is 0. The third-order valence-corrected chi connectivity index (χ3v) is 2.34. The molecule has 0 radical (unpaired) electrons. The Bertz CT molecular complexity index is 225. The van der Waals surface area contributed by atoms with Gasteiger partial charge in [0.1, 0.15) is 6.54 Å². The van der Waals surface area contributed by atoms with Crippen molar-refractivity contribution in [2.75, 3.05) is 13.1 Å². The maximum absolute atomic E-state index is 11.9. The molecule has 0 spiro atoms. The van der Waals surface area contributed by atoms with Crippen LogP contribution >= 0.6 is 0 Å². The van der Waals surface area contributed by atoms with Crippen LogP contribution in [-0.2, 0) is 9.59 Å². The first-order valence-corrected chi connectivity index (χ1v) is 5.16. The van der Waals surface area contributed by atoms with Crippen LogP contribution in [0.4, 0.5) is 0 Å². The normalized spacial score (nSPS) is 12.6. The van der Waals surface area contributed by atoms with Crippen LogP contribution < -0.4 is 5.73 Å². The van der Waals surface area contributed by atoms with Crippen LogP contribution in [0.3, 0.4) is 0 Å². The summed E-state index contributed by atoms with van der Waals surface area (Å²) in [6, 6.07) is -0.116. The van der Waals surface area contributed by atoms with E-state index in [9.17, 15) is 9.59 Å². The topological polar surface area (TPSA) is 83.6 Å². The molecule has 0 aliphatic carbocycles. The van der Waals surface area contributed by atoms with E-state index in [0.717, 1.165) is 0 Å². The van der Waals surface area contributed by atoms with E-state index in [4.69, 9.17) is 10.8 Å². The summed E-state index contributed by atoms with van der Waals surface area (Å²) in [5.74, 6) is -1.44. The first-order valence-electron chi connectivity index (χ1n) is 5.16. The number of carbonyl (C=O) groups is 2. The summed E-state index contributed by atoms with van der Waals surface area (Å²) in [7, 11) is 0. The van der Waals surface area contributed by atoms with Crippen LogP contribution in [0.25, 0.3) is 0 Å². The van der Waals surface area contributed by atoms with E-state index in [1.54, 1.807) is 13.8 Å². The zero-order valence-electron chi connectivity index (χ0n) is 9.56. The molecular formula is C10H20N2O3. The maximum Gasteiger partial charge on any atom is 0.323 e. The van der Waals surface area contributed by atoms with Gasteiger partial charge in [-0.05, 0) is 20.3 Å². The second-order valence-electron chi connectivity index (χ2n) is 3.79. The van der Waals surface area contributed by atoms with Crippen LogP contribution in [0, 0.1) is 5.92 Å². The van der Waals surface area contributed by atoms with E-state index in [-0.39, 0.29) is 31.0 Å². The van der Waals surface area contributed by atoms with Gasteiger partial charge in [0.25, 0.3) is 0 Å². The van der Waals surface area contributed by atoms with E-state index in [0.29, 0.717) is 6.42 Å². The fraction of sp³-hybridized carbons (Fsp3) is 0.800. The van der Waals surface area contributed by atoms with Gasteiger partial charge in [-0.25, -0.2) is 0 Å². The van der Waals surface area contributed by atoms with Gasteiger partial charge in [0, 0.05) is 12.6 Å². The maximum atomic E-state index is 11.9. The molecule has 0 aromatic carbocycles. The molecule has 1 amide bonds. The smallest absolute Gasteiger partial charge is 0.323 e. The number of amides is 1. The molecule has 0 aliphatic heterocycles.